The minimum atomic E-state index is -0.963. The third-order valence-electron chi connectivity index (χ3n) is 4.52. The van der Waals surface area contributed by atoms with Gasteiger partial charge in [-0.2, -0.15) is 0 Å². The first-order chi connectivity index (χ1) is 7.43. The van der Waals surface area contributed by atoms with Crippen LogP contribution in [0.25, 0.3) is 0 Å². The minimum absolute atomic E-state index is 0.00847. The number of rotatable bonds is 1. The Balaban J connectivity index is 1.99. The van der Waals surface area contributed by atoms with E-state index in [9.17, 15) is 14.4 Å². The molecule has 16 heavy (non-hydrogen) atoms. The lowest BCUT2D eigenvalue weighted by Gasteiger charge is -2.25. The van der Waals surface area contributed by atoms with Crippen molar-refractivity contribution >= 4 is 17.9 Å². The summed E-state index contributed by atoms with van der Waals surface area (Å²) in [6, 6.07) is -0.509. The molecule has 3 fully saturated rings. The lowest BCUT2D eigenvalue weighted by Crippen LogP contribution is -2.49. The fraction of sp³-hybridized carbons (Fsp3) is 0.700. The highest BCUT2D eigenvalue weighted by atomic mass is 16.4. The molecular formula is C10H12N2O4. The van der Waals surface area contributed by atoms with Crippen molar-refractivity contribution < 1.29 is 19.5 Å². The Morgan fingerprint density at radius 2 is 2.19 bits per heavy atom. The molecular weight excluding hydrogens is 212 g/mol. The molecule has 1 saturated heterocycles. The van der Waals surface area contributed by atoms with E-state index < -0.39 is 23.0 Å². The van der Waals surface area contributed by atoms with Gasteiger partial charge in [0.25, 0.3) is 5.91 Å². The van der Waals surface area contributed by atoms with Crippen LogP contribution in [0, 0.1) is 17.3 Å². The van der Waals surface area contributed by atoms with Gasteiger partial charge in [0, 0.05) is 5.92 Å². The molecule has 6 heteroatoms. The molecule has 3 N–H and O–H groups in total. The van der Waals surface area contributed by atoms with Crippen molar-refractivity contribution in [1.82, 2.24) is 10.6 Å². The normalized spacial score (nSPS) is 48.8. The van der Waals surface area contributed by atoms with Crippen molar-refractivity contribution in [2.75, 3.05) is 0 Å². The molecule has 0 radical (unpaired) electrons. The molecule has 0 aromatic heterocycles. The first kappa shape index (κ1) is 9.62. The molecule has 1 spiro atoms. The molecule has 2 aliphatic carbocycles. The summed E-state index contributed by atoms with van der Waals surface area (Å²) >= 11 is 0. The van der Waals surface area contributed by atoms with Gasteiger partial charge in [0.15, 0.2) is 0 Å². The van der Waals surface area contributed by atoms with E-state index in [2.05, 4.69) is 10.6 Å². The predicted octanol–water partition coefficient (Wildman–Crippen LogP) is -0.305. The van der Waals surface area contributed by atoms with Crippen molar-refractivity contribution in [2.24, 2.45) is 17.3 Å². The maximum absolute atomic E-state index is 11.8. The van der Waals surface area contributed by atoms with E-state index in [1.165, 1.54) is 0 Å². The standard InChI is InChI=1S/C10H12N2O4/c1-9(7(14)15)4-2-3-10(5(4)9)6(13)11-8(16)12-10/h4-5H,2-3H2,1H3,(H,14,15)(H2,11,12,13,16)/t4-,5+,9+,10+/m1/s1. The number of hydrogen-bond acceptors (Lipinski definition) is 3. The van der Waals surface area contributed by atoms with E-state index in [1.807, 2.05) is 0 Å². The average Bonchev–Trinajstić information content (AvgIpc) is 2.51. The van der Waals surface area contributed by atoms with Gasteiger partial charge in [-0.25, -0.2) is 4.79 Å². The predicted molar refractivity (Wildman–Crippen MR) is 51.4 cm³/mol. The SMILES string of the molecule is C[C@]1(C(=O)O)[C@@H]2CC[C@]3(NC(=O)NC3=O)[C@@H]21. The van der Waals surface area contributed by atoms with Gasteiger partial charge < -0.3 is 10.4 Å². The number of aliphatic carboxylic acids is 1. The monoisotopic (exact) mass is 224 g/mol. The molecule has 2 saturated carbocycles. The lowest BCUT2D eigenvalue weighted by molar-refractivity contribution is -0.144. The maximum atomic E-state index is 11.8. The zero-order chi connectivity index (χ0) is 11.7. The average molecular weight is 224 g/mol. The summed E-state index contributed by atoms with van der Waals surface area (Å²) in [5, 5.41) is 14.0. The van der Waals surface area contributed by atoms with Crippen LogP contribution in [0.2, 0.25) is 0 Å². The maximum Gasteiger partial charge on any atom is 0.322 e. The number of amides is 3. The van der Waals surface area contributed by atoms with Crippen LogP contribution >= 0.6 is 0 Å². The summed E-state index contributed by atoms with van der Waals surface area (Å²) in [7, 11) is 0. The molecule has 86 valence electrons. The number of fused-ring (bicyclic) bond motifs is 2. The first-order valence-electron chi connectivity index (χ1n) is 5.30. The Hall–Kier alpha value is -1.59. The van der Waals surface area contributed by atoms with Crippen molar-refractivity contribution in [2.45, 2.75) is 25.3 Å². The van der Waals surface area contributed by atoms with Crippen LogP contribution in [0.4, 0.5) is 4.79 Å². The number of urea groups is 1. The molecule has 0 aromatic rings. The number of nitrogens with one attached hydrogen (secondary N) is 2. The third-order valence-corrected chi connectivity index (χ3v) is 4.52. The minimum Gasteiger partial charge on any atom is -0.481 e. The van der Waals surface area contributed by atoms with E-state index in [4.69, 9.17) is 5.11 Å². The van der Waals surface area contributed by atoms with Gasteiger partial charge in [0.2, 0.25) is 0 Å². The molecule has 1 heterocycles. The highest BCUT2D eigenvalue weighted by molar-refractivity contribution is 6.08. The fourth-order valence-corrected chi connectivity index (χ4v) is 3.65. The van der Waals surface area contributed by atoms with Gasteiger partial charge >= 0.3 is 12.0 Å². The van der Waals surface area contributed by atoms with Gasteiger partial charge in [-0.15, -0.1) is 0 Å². The van der Waals surface area contributed by atoms with E-state index in [0.29, 0.717) is 12.8 Å². The number of carboxylic acid groups (broad SMARTS) is 1. The molecule has 0 unspecified atom stereocenters. The van der Waals surface area contributed by atoms with Crippen LogP contribution in [0.5, 0.6) is 0 Å². The second-order valence-electron chi connectivity index (χ2n) is 5.09. The summed E-state index contributed by atoms with van der Waals surface area (Å²) in [5.41, 5.74) is -1.82. The first-order valence-corrected chi connectivity index (χ1v) is 5.30. The Morgan fingerprint density at radius 3 is 2.62 bits per heavy atom. The Bertz CT molecular complexity index is 435. The van der Waals surface area contributed by atoms with Crippen LogP contribution in [-0.2, 0) is 9.59 Å². The molecule has 0 aromatic carbocycles. The van der Waals surface area contributed by atoms with Crippen molar-refractivity contribution in [3.63, 3.8) is 0 Å². The van der Waals surface area contributed by atoms with E-state index in [1.54, 1.807) is 6.92 Å². The van der Waals surface area contributed by atoms with Gasteiger partial charge in [0.05, 0.1) is 5.41 Å². The van der Waals surface area contributed by atoms with Gasteiger partial charge in [-0.1, -0.05) is 0 Å². The van der Waals surface area contributed by atoms with Gasteiger partial charge in [-0.05, 0) is 25.7 Å². The fourth-order valence-electron chi connectivity index (χ4n) is 3.65. The summed E-state index contributed by atoms with van der Waals surface area (Å²) in [5.74, 6) is -1.50. The van der Waals surface area contributed by atoms with Crippen molar-refractivity contribution in [3.8, 4) is 0 Å². The number of carboxylic acids is 1. The summed E-state index contributed by atoms with van der Waals surface area (Å²) in [6.45, 7) is 1.66. The van der Waals surface area contributed by atoms with E-state index in [0.717, 1.165) is 0 Å². The smallest absolute Gasteiger partial charge is 0.322 e. The van der Waals surface area contributed by atoms with E-state index >= 15 is 0 Å². The van der Waals surface area contributed by atoms with Crippen LogP contribution < -0.4 is 10.6 Å². The van der Waals surface area contributed by atoms with Crippen molar-refractivity contribution in [1.29, 1.82) is 0 Å². The lowest BCUT2D eigenvalue weighted by atomic mass is 9.85. The summed E-state index contributed by atoms with van der Waals surface area (Å²) < 4.78 is 0. The third kappa shape index (κ3) is 0.784. The Labute approximate surface area is 91.4 Å². The molecule has 1 aliphatic heterocycles. The van der Waals surface area contributed by atoms with E-state index in [-0.39, 0.29) is 17.7 Å². The van der Waals surface area contributed by atoms with Crippen LogP contribution in [0.15, 0.2) is 0 Å². The topological polar surface area (TPSA) is 95.5 Å². The second kappa shape index (κ2) is 2.39. The molecule has 3 rings (SSSR count). The zero-order valence-electron chi connectivity index (χ0n) is 8.74. The van der Waals surface area contributed by atoms with Crippen molar-refractivity contribution in [3.05, 3.63) is 0 Å². The number of carbonyl (C=O) groups excluding carboxylic acids is 2. The zero-order valence-corrected chi connectivity index (χ0v) is 8.74. The van der Waals surface area contributed by atoms with Gasteiger partial charge in [-0.3, -0.25) is 14.9 Å². The Kier molecular flexibility index (Phi) is 1.44. The largest absolute Gasteiger partial charge is 0.481 e. The second-order valence-corrected chi connectivity index (χ2v) is 5.09. The van der Waals surface area contributed by atoms with Crippen LogP contribution in [0.1, 0.15) is 19.8 Å². The van der Waals surface area contributed by atoms with Crippen LogP contribution in [0.3, 0.4) is 0 Å². The number of imide groups is 1. The number of carbonyl (C=O) groups is 3. The molecule has 3 aliphatic rings. The van der Waals surface area contributed by atoms with Crippen LogP contribution in [-0.4, -0.2) is 28.6 Å². The summed E-state index contributed by atoms with van der Waals surface area (Å²) in [6.07, 6.45) is 1.23. The summed E-state index contributed by atoms with van der Waals surface area (Å²) in [4.78, 5) is 34.1. The molecule has 3 amide bonds. The van der Waals surface area contributed by atoms with Gasteiger partial charge in [0.1, 0.15) is 5.54 Å². The quantitative estimate of drug-likeness (QED) is 0.532. The Morgan fingerprint density at radius 1 is 1.50 bits per heavy atom. The molecule has 6 nitrogen and oxygen atoms in total. The highest BCUT2D eigenvalue weighted by Gasteiger charge is 2.79. The molecule has 0 bridgehead atoms. The molecule has 4 atom stereocenters. The highest BCUT2D eigenvalue weighted by Crippen LogP contribution is 2.71. The number of hydrogen-bond donors (Lipinski definition) is 3.